The van der Waals surface area contributed by atoms with Gasteiger partial charge in [-0.05, 0) is 41.5 Å². The van der Waals surface area contributed by atoms with Gasteiger partial charge in [0.2, 0.25) is 0 Å². The largest absolute Gasteiger partial charge is 0.416 e. The van der Waals surface area contributed by atoms with Gasteiger partial charge in [-0.2, -0.15) is 23.4 Å². The van der Waals surface area contributed by atoms with Crippen molar-refractivity contribution in [1.29, 1.82) is 0 Å². The number of aromatic amines is 2. The highest BCUT2D eigenvalue weighted by atomic mass is 35.5. The fraction of sp³-hybridized carbons (Fsp3) is 0.167. The normalized spacial score (nSPS) is 11.2. The summed E-state index contributed by atoms with van der Waals surface area (Å²) in [6.45, 7) is -0.112. The fourth-order valence-electron chi connectivity index (χ4n) is 3.58. The lowest BCUT2D eigenvalue weighted by Gasteiger charge is -2.09. The van der Waals surface area contributed by atoms with Gasteiger partial charge in [0, 0.05) is 20.6 Å². The Kier molecular flexibility index (Phi) is 7.57. The molecule has 0 spiro atoms. The Hall–Kier alpha value is -4.52. The van der Waals surface area contributed by atoms with Crippen molar-refractivity contribution in [3.8, 4) is 28.3 Å². The summed E-state index contributed by atoms with van der Waals surface area (Å²) in [6.07, 6.45) is -5.15. The number of nitrogens with zero attached hydrogens (tertiary/aromatic N) is 2. The molecule has 0 bridgehead atoms. The van der Waals surface area contributed by atoms with E-state index >= 15 is 0 Å². The number of nitrogens with one attached hydrogen (secondary N) is 5. The number of carbonyl (C=O) groups is 2. The van der Waals surface area contributed by atoms with E-state index in [1.807, 2.05) is 0 Å². The van der Waals surface area contributed by atoms with E-state index in [1.54, 1.807) is 19.2 Å². The SMILES string of the molecule is CNC(=O)Oc1ccc(-c2c(NC)n[nH]c2-c2cc(C(=O)NCc3cccc(C(F)(F)F)c3)[nH]n2)cc1Cl. The molecule has 0 fully saturated rings. The topological polar surface area (TPSA) is 137 Å². The first kappa shape index (κ1) is 26.5. The third-order valence-corrected chi connectivity index (χ3v) is 5.71. The predicted molar refractivity (Wildman–Crippen MR) is 134 cm³/mol. The number of hydrogen-bond donors (Lipinski definition) is 5. The lowest BCUT2D eigenvalue weighted by atomic mass is 10.0. The van der Waals surface area contributed by atoms with Crippen molar-refractivity contribution in [3.05, 3.63) is 70.4 Å². The molecule has 0 saturated carbocycles. The average molecular weight is 548 g/mol. The third kappa shape index (κ3) is 5.72. The Bertz CT molecular complexity index is 1480. The molecule has 2 aromatic heterocycles. The van der Waals surface area contributed by atoms with Crippen LogP contribution in [0.25, 0.3) is 22.5 Å². The van der Waals surface area contributed by atoms with E-state index in [2.05, 4.69) is 36.3 Å². The van der Waals surface area contributed by atoms with Crippen molar-refractivity contribution in [2.24, 2.45) is 0 Å². The minimum absolute atomic E-state index is 0.0888. The molecule has 0 unspecified atom stereocenters. The predicted octanol–water partition coefficient (Wildman–Crippen LogP) is 4.83. The smallest absolute Gasteiger partial charge is 0.409 e. The second kappa shape index (κ2) is 10.8. The van der Waals surface area contributed by atoms with Crippen molar-refractivity contribution in [3.63, 3.8) is 0 Å². The van der Waals surface area contributed by atoms with Gasteiger partial charge in [0.1, 0.15) is 11.4 Å². The van der Waals surface area contributed by atoms with E-state index in [4.69, 9.17) is 16.3 Å². The van der Waals surface area contributed by atoms with Crippen LogP contribution < -0.4 is 20.7 Å². The van der Waals surface area contributed by atoms with Crippen LogP contribution in [0.15, 0.2) is 48.5 Å². The van der Waals surface area contributed by atoms with Crippen molar-refractivity contribution < 1.29 is 27.5 Å². The van der Waals surface area contributed by atoms with E-state index < -0.39 is 23.7 Å². The molecule has 0 radical (unpaired) electrons. The summed E-state index contributed by atoms with van der Waals surface area (Å²) in [6, 6.07) is 11.0. The van der Waals surface area contributed by atoms with Gasteiger partial charge in [0.05, 0.1) is 21.8 Å². The van der Waals surface area contributed by atoms with Gasteiger partial charge < -0.3 is 20.7 Å². The maximum Gasteiger partial charge on any atom is 0.416 e. The molecule has 14 heteroatoms. The number of anilines is 1. The lowest BCUT2D eigenvalue weighted by molar-refractivity contribution is -0.137. The standard InChI is InChI=1S/C24H21ClF3N7O3/c1-29-21-19(13-6-7-18(15(25)9-13)38-23(37)30-2)20(34-35-21)16-10-17(33-32-16)22(36)31-11-12-4-3-5-14(8-12)24(26,27)28/h3-10H,11H2,1-2H3,(H,30,37)(H,31,36)(H,32,33)(H2,29,34,35). The van der Waals surface area contributed by atoms with Crippen molar-refractivity contribution in [2.75, 3.05) is 19.4 Å². The van der Waals surface area contributed by atoms with Crippen molar-refractivity contribution in [1.82, 2.24) is 31.0 Å². The molecule has 4 aromatic rings. The number of ether oxygens (including phenoxy) is 1. The molecule has 5 N–H and O–H groups in total. The van der Waals surface area contributed by atoms with Gasteiger partial charge in [-0.15, -0.1) is 0 Å². The summed E-state index contributed by atoms with van der Waals surface area (Å²) in [5.41, 5.74) is 1.59. The summed E-state index contributed by atoms with van der Waals surface area (Å²) in [5.74, 6) is 0.0646. The molecular weight excluding hydrogens is 527 g/mol. The van der Waals surface area contributed by atoms with Crippen LogP contribution in [-0.4, -0.2) is 46.5 Å². The van der Waals surface area contributed by atoms with E-state index in [9.17, 15) is 22.8 Å². The fourth-order valence-corrected chi connectivity index (χ4v) is 3.80. The van der Waals surface area contributed by atoms with E-state index in [1.165, 1.54) is 31.3 Å². The molecule has 4 rings (SSSR count). The number of amides is 2. The number of alkyl halides is 3. The summed E-state index contributed by atoms with van der Waals surface area (Å²) < 4.78 is 43.9. The number of benzene rings is 2. The number of H-pyrrole nitrogens is 2. The Morgan fingerprint density at radius 3 is 2.53 bits per heavy atom. The number of halogens is 4. The maximum absolute atomic E-state index is 12.9. The Balaban J connectivity index is 1.55. The molecular formula is C24H21ClF3N7O3. The molecule has 2 heterocycles. The number of rotatable bonds is 7. The van der Waals surface area contributed by atoms with Crippen LogP contribution >= 0.6 is 11.6 Å². The zero-order valence-electron chi connectivity index (χ0n) is 20.0. The summed E-state index contributed by atoms with van der Waals surface area (Å²) in [7, 11) is 3.09. The molecule has 38 heavy (non-hydrogen) atoms. The van der Waals surface area contributed by atoms with Crippen LogP contribution in [0.1, 0.15) is 21.6 Å². The molecule has 198 valence electrons. The quantitative estimate of drug-likeness (QED) is 0.225. The number of carbonyl (C=O) groups excluding carboxylic acids is 2. The first-order chi connectivity index (χ1) is 18.1. The second-order valence-corrected chi connectivity index (χ2v) is 8.31. The highest BCUT2D eigenvalue weighted by Crippen LogP contribution is 2.38. The molecule has 0 aliphatic rings. The highest BCUT2D eigenvalue weighted by Gasteiger charge is 2.30. The van der Waals surface area contributed by atoms with Gasteiger partial charge >= 0.3 is 12.3 Å². The first-order valence-corrected chi connectivity index (χ1v) is 11.4. The van der Waals surface area contributed by atoms with Crippen LogP contribution in [0.5, 0.6) is 5.75 Å². The second-order valence-electron chi connectivity index (χ2n) is 7.90. The summed E-state index contributed by atoms with van der Waals surface area (Å²) in [4.78, 5) is 24.2. The van der Waals surface area contributed by atoms with Crippen LogP contribution in [0.3, 0.4) is 0 Å². The zero-order chi connectivity index (χ0) is 27.4. The molecule has 10 nitrogen and oxygen atoms in total. The van der Waals surface area contributed by atoms with E-state index in [0.717, 1.165) is 12.1 Å². The first-order valence-electron chi connectivity index (χ1n) is 11.1. The van der Waals surface area contributed by atoms with Gasteiger partial charge in [0.25, 0.3) is 5.91 Å². The lowest BCUT2D eigenvalue weighted by Crippen LogP contribution is -2.23. The molecule has 2 amide bonds. The summed E-state index contributed by atoms with van der Waals surface area (Å²) in [5, 5.41) is 22.0. The molecule has 0 aliphatic heterocycles. The minimum Gasteiger partial charge on any atom is -0.409 e. The van der Waals surface area contributed by atoms with Gasteiger partial charge in [-0.25, -0.2) is 4.79 Å². The Labute approximate surface area is 218 Å². The van der Waals surface area contributed by atoms with Gasteiger partial charge in [-0.1, -0.05) is 29.8 Å². The molecule has 0 aliphatic carbocycles. The maximum atomic E-state index is 12.9. The van der Waals surface area contributed by atoms with E-state index in [0.29, 0.717) is 33.9 Å². The van der Waals surface area contributed by atoms with Crippen LogP contribution in [0.2, 0.25) is 5.02 Å². The van der Waals surface area contributed by atoms with Gasteiger partial charge in [-0.3, -0.25) is 15.0 Å². The van der Waals surface area contributed by atoms with Crippen molar-refractivity contribution >= 4 is 29.4 Å². The van der Waals surface area contributed by atoms with Crippen LogP contribution in [0.4, 0.5) is 23.8 Å². The average Bonchev–Trinajstić information content (AvgIpc) is 3.55. The summed E-state index contributed by atoms with van der Waals surface area (Å²) >= 11 is 6.31. The number of aromatic nitrogens is 4. The minimum atomic E-state index is -4.48. The van der Waals surface area contributed by atoms with Crippen LogP contribution in [-0.2, 0) is 12.7 Å². The zero-order valence-corrected chi connectivity index (χ0v) is 20.7. The third-order valence-electron chi connectivity index (χ3n) is 5.42. The molecule has 0 saturated heterocycles. The van der Waals surface area contributed by atoms with Crippen molar-refractivity contribution in [2.45, 2.75) is 12.7 Å². The van der Waals surface area contributed by atoms with E-state index in [-0.39, 0.29) is 23.0 Å². The highest BCUT2D eigenvalue weighted by molar-refractivity contribution is 6.32. The van der Waals surface area contributed by atoms with Gasteiger partial charge in [0.15, 0.2) is 11.6 Å². The Morgan fingerprint density at radius 2 is 1.84 bits per heavy atom. The molecule has 2 aromatic carbocycles. The van der Waals surface area contributed by atoms with Crippen LogP contribution in [0, 0.1) is 0 Å². The Morgan fingerprint density at radius 1 is 1.05 bits per heavy atom. The number of hydrogen-bond acceptors (Lipinski definition) is 6. The monoisotopic (exact) mass is 547 g/mol. The molecule has 0 atom stereocenters.